The van der Waals surface area contributed by atoms with Crippen molar-refractivity contribution in [1.29, 1.82) is 0 Å². The number of benzene rings is 1. The average Bonchev–Trinajstić information content (AvgIpc) is 2.86. The minimum absolute atomic E-state index is 0.401. The van der Waals surface area contributed by atoms with E-state index in [1.54, 1.807) is 0 Å². The molecule has 19 heavy (non-hydrogen) atoms. The molecule has 0 radical (unpaired) electrons. The molecule has 1 fully saturated rings. The van der Waals surface area contributed by atoms with Gasteiger partial charge in [-0.05, 0) is 35.8 Å². The highest BCUT2D eigenvalue weighted by Gasteiger charge is 2.47. The predicted molar refractivity (Wildman–Crippen MR) is 83.5 cm³/mol. The van der Waals surface area contributed by atoms with Gasteiger partial charge in [-0.15, -0.1) is 0 Å². The second-order valence-electron chi connectivity index (χ2n) is 6.25. The van der Waals surface area contributed by atoms with Crippen molar-refractivity contribution in [2.45, 2.75) is 45.4 Å². The van der Waals surface area contributed by atoms with E-state index in [0.717, 1.165) is 18.8 Å². The van der Waals surface area contributed by atoms with Gasteiger partial charge in [-0.2, -0.15) is 0 Å². The van der Waals surface area contributed by atoms with E-state index >= 15 is 0 Å². The monoisotopic (exact) mass is 253 g/mol. The van der Waals surface area contributed by atoms with Gasteiger partial charge >= 0.3 is 0 Å². The van der Waals surface area contributed by atoms with Crippen molar-refractivity contribution in [3.05, 3.63) is 41.6 Å². The van der Waals surface area contributed by atoms with Crippen LogP contribution in [0.2, 0.25) is 0 Å². The van der Waals surface area contributed by atoms with E-state index < -0.39 is 0 Å². The molecule has 1 aliphatic carbocycles. The zero-order valence-corrected chi connectivity index (χ0v) is 12.2. The Balaban J connectivity index is 2.11. The summed E-state index contributed by atoms with van der Waals surface area (Å²) in [5.41, 5.74) is 5.78. The molecule has 0 saturated heterocycles. The fourth-order valence-electron chi connectivity index (χ4n) is 3.29. The van der Waals surface area contributed by atoms with Crippen LogP contribution in [-0.4, -0.2) is 4.98 Å². The lowest BCUT2D eigenvalue weighted by molar-refractivity contribution is 0.703. The summed E-state index contributed by atoms with van der Waals surface area (Å²) in [5, 5.41) is 1.32. The van der Waals surface area contributed by atoms with E-state index in [9.17, 15) is 0 Å². The Morgan fingerprint density at radius 3 is 2.79 bits per heavy atom. The molecule has 2 aromatic rings. The van der Waals surface area contributed by atoms with Gasteiger partial charge in [-0.3, -0.25) is 0 Å². The van der Waals surface area contributed by atoms with E-state index in [4.69, 9.17) is 0 Å². The number of H-pyrrole nitrogens is 1. The minimum atomic E-state index is 0.401. The minimum Gasteiger partial charge on any atom is -0.358 e. The van der Waals surface area contributed by atoms with Crippen molar-refractivity contribution < 1.29 is 0 Å². The first kappa shape index (κ1) is 12.5. The van der Waals surface area contributed by atoms with E-state index in [1.807, 2.05) is 6.08 Å². The summed E-state index contributed by atoms with van der Waals surface area (Å²) in [7, 11) is 0. The number of rotatable bonds is 4. The van der Waals surface area contributed by atoms with Crippen molar-refractivity contribution in [3.63, 3.8) is 0 Å². The smallest absolute Gasteiger partial charge is 0.0465 e. The molecular weight excluding hydrogens is 230 g/mol. The van der Waals surface area contributed by atoms with Gasteiger partial charge in [0.2, 0.25) is 0 Å². The predicted octanol–water partition coefficient (Wildman–Crippen LogP) is 5.06. The molecule has 3 rings (SSSR count). The van der Waals surface area contributed by atoms with Gasteiger partial charge in [0.05, 0.1) is 0 Å². The van der Waals surface area contributed by atoms with Crippen LogP contribution in [0.25, 0.3) is 17.0 Å². The van der Waals surface area contributed by atoms with Crippen LogP contribution in [-0.2, 0) is 11.8 Å². The molecule has 1 aliphatic rings. The van der Waals surface area contributed by atoms with Gasteiger partial charge in [0, 0.05) is 22.2 Å². The molecule has 2 atom stereocenters. The molecule has 0 spiro atoms. The second kappa shape index (κ2) is 4.26. The maximum atomic E-state index is 3.97. The Morgan fingerprint density at radius 1 is 1.47 bits per heavy atom. The van der Waals surface area contributed by atoms with E-state index in [0.29, 0.717) is 5.41 Å². The molecule has 1 aromatic carbocycles. The third-order valence-electron chi connectivity index (χ3n) is 4.94. The van der Waals surface area contributed by atoms with Crippen LogP contribution in [0.3, 0.4) is 0 Å². The van der Waals surface area contributed by atoms with Crippen LogP contribution in [0.15, 0.2) is 24.8 Å². The van der Waals surface area contributed by atoms with Gasteiger partial charge in [-0.1, -0.05) is 52.0 Å². The van der Waals surface area contributed by atoms with Crippen molar-refractivity contribution >= 4 is 17.0 Å². The summed E-state index contributed by atoms with van der Waals surface area (Å²) < 4.78 is 0. The third-order valence-corrected chi connectivity index (χ3v) is 4.94. The summed E-state index contributed by atoms with van der Waals surface area (Å²) in [6.07, 6.45) is 5.56. The Morgan fingerprint density at radius 2 is 2.21 bits per heavy atom. The van der Waals surface area contributed by atoms with Gasteiger partial charge < -0.3 is 4.98 Å². The third kappa shape index (κ3) is 1.83. The van der Waals surface area contributed by atoms with E-state index in [1.165, 1.54) is 34.1 Å². The SMILES string of the molecule is C=Cc1c(CCC)[nH]c2cc(C3(C)CC3C)ccc12. The van der Waals surface area contributed by atoms with Crippen molar-refractivity contribution in [2.24, 2.45) is 5.92 Å². The fraction of sp³-hybridized carbons (Fsp3) is 0.444. The lowest BCUT2D eigenvalue weighted by Gasteiger charge is -2.10. The second-order valence-corrected chi connectivity index (χ2v) is 6.25. The van der Waals surface area contributed by atoms with Crippen LogP contribution < -0.4 is 0 Å². The van der Waals surface area contributed by atoms with Crippen LogP contribution in [0.5, 0.6) is 0 Å². The molecule has 1 saturated carbocycles. The number of nitrogens with one attached hydrogen (secondary N) is 1. The maximum absolute atomic E-state index is 3.97. The van der Waals surface area contributed by atoms with Crippen LogP contribution in [0, 0.1) is 5.92 Å². The molecule has 100 valence electrons. The van der Waals surface area contributed by atoms with Gasteiger partial charge in [0.25, 0.3) is 0 Å². The molecule has 1 N–H and O–H groups in total. The maximum Gasteiger partial charge on any atom is 0.0465 e. The first-order valence-electron chi connectivity index (χ1n) is 7.37. The number of fused-ring (bicyclic) bond motifs is 1. The molecule has 0 aliphatic heterocycles. The van der Waals surface area contributed by atoms with Gasteiger partial charge in [0.1, 0.15) is 0 Å². The highest BCUT2D eigenvalue weighted by Crippen LogP contribution is 2.53. The summed E-state index contributed by atoms with van der Waals surface area (Å²) in [6.45, 7) is 10.9. The van der Waals surface area contributed by atoms with Crippen LogP contribution in [0.4, 0.5) is 0 Å². The molecule has 1 nitrogen and oxygen atoms in total. The largest absolute Gasteiger partial charge is 0.358 e. The number of aromatic nitrogens is 1. The molecule has 2 unspecified atom stereocenters. The Labute approximate surface area is 115 Å². The van der Waals surface area contributed by atoms with E-state index in [2.05, 4.69) is 50.5 Å². The lowest BCUT2D eigenvalue weighted by atomic mass is 9.94. The highest BCUT2D eigenvalue weighted by molar-refractivity contribution is 5.91. The van der Waals surface area contributed by atoms with Crippen LogP contribution in [0.1, 0.15) is 50.4 Å². The number of aryl methyl sites for hydroxylation is 1. The van der Waals surface area contributed by atoms with Gasteiger partial charge in [0.15, 0.2) is 0 Å². The fourth-order valence-corrected chi connectivity index (χ4v) is 3.29. The van der Waals surface area contributed by atoms with Crippen LogP contribution >= 0.6 is 0 Å². The quantitative estimate of drug-likeness (QED) is 0.783. The molecule has 1 heteroatoms. The summed E-state index contributed by atoms with van der Waals surface area (Å²) >= 11 is 0. The zero-order valence-electron chi connectivity index (χ0n) is 12.2. The number of hydrogen-bond acceptors (Lipinski definition) is 0. The topological polar surface area (TPSA) is 15.8 Å². The van der Waals surface area contributed by atoms with Crippen molar-refractivity contribution in [1.82, 2.24) is 4.98 Å². The van der Waals surface area contributed by atoms with Gasteiger partial charge in [-0.25, -0.2) is 0 Å². The standard InChI is InChI=1S/C18H23N/c1-5-7-16-14(6-2)15-9-8-13(10-17(15)19-16)18(4)11-12(18)3/h6,8-10,12,19H,2,5,7,11H2,1,3-4H3. The number of hydrogen-bond donors (Lipinski definition) is 1. The summed E-state index contributed by atoms with van der Waals surface area (Å²) in [6, 6.07) is 6.93. The molecule has 1 aromatic heterocycles. The first-order chi connectivity index (χ1) is 9.10. The summed E-state index contributed by atoms with van der Waals surface area (Å²) in [4.78, 5) is 3.60. The molecule has 0 amide bonds. The average molecular weight is 253 g/mol. The lowest BCUT2D eigenvalue weighted by Crippen LogP contribution is -2.02. The first-order valence-corrected chi connectivity index (χ1v) is 7.37. The van der Waals surface area contributed by atoms with E-state index in [-0.39, 0.29) is 0 Å². The molecular formula is C18H23N. The van der Waals surface area contributed by atoms with Crippen molar-refractivity contribution in [3.8, 4) is 0 Å². The summed E-state index contributed by atoms with van der Waals surface area (Å²) in [5.74, 6) is 0.814. The Kier molecular flexibility index (Phi) is 2.81. The molecule has 0 bridgehead atoms. The zero-order chi connectivity index (χ0) is 13.6. The van der Waals surface area contributed by atoms with Crippen molar-refractivity contribution in [2.75, 3.05) is 0 Å². The Bertz CT molecular complexity index is 634. The number of aromatic amines is 1. The molecule has 1 heterocycles. The Hall–Kier alpha value is -1.50. The normalized spacial score (nSPS) is 25.7. The highest BCUT2D eigenvalue weighted by atomic mass is 14.7.